The van der Waals surface area contributed by atoms with Crippen molar-refractivity contribution in [1.29, 1.82) is 0 Å². The lowest BCUT2D eigenvalue weighted by molar-refractivity contribution is 0.238. The van der Waals surface area contributed by atoms with Crippen LogP contribution < -0.4 is 4.90 Å². The first-order valence-electron chi connectivity index (χ1n) is 4.95. The van der Waals surface area contributed by atoms with Gasteiger partial charge >= 0.3 is 0 Å². The minimum Gasteiger partial charge on any atom is -0.396 e. The van der Waals surface area contributed by atoms with Gasteiger partial charge in [0.15, 0.2) is 0 Å². The number of anilines is 1. The van der Waals surface area contributed by atoms with Gasteiger partial charge < -0.3 is 15.0 Å². The summed E-state index contributed by atoms with van der Waals surface area (Å²) in [5, 5.41) is 9.67. The minimum absolute atomic E-state index is 0.238. The van der Waals surface area contributed by atoms with Gasteiger partial charge in [0.25, 0.3) is 0 Å². The molecule has 0 unspecified atom stereocenters. The van der Waals surface area contributed by atoms with Gasteiger partial charge in [0, 0.05) is 31.8 Å². The summed E-state index contributed by atoms with van der Waals surface area (Å²) < 4.78 is 0.665. The quantitative estimate of drug-likeness (QED) is 0.784. The molecule has 1 atom stereocenters. The zero-order valence-electron chi connectivity index (χ0n) is 8.24. The number of aliphatic hydroxyl groups excluding tert-OH is 1. The number of hydrogen-bond donors (Lipinski definition) is 2. The minimum atomic E-state index is 0.238. The average Bonchev–Trinajstić information content (AvgIpc) is 2.70. The number of aromatic nitrogens is 1. The third-order valence-corrected chi connectivity index (χ3v) is 3.57. The van der Waals surface area contributed by atoms with Gasteiger partial charge in [-0.15, -0.1) is 0 Å². The molecule has 1 aliphatic rings. The van der Waals surface area contributed by atoms with Crippen LogP contribution in [-0.4, -0.2) is 29.8 Å². The third kappa shape index (κ3) is 2.17. The van der Waals surface area contributed by atoms with Crippen molar-refractivity contribution in [3.63, 3.8) is 0 Å². The van der Waals surface area contributed by atoms with Gasteiger partial charge in [-0.25, -0.2) is 0 Å². The van der Waals surface area contributed by atoms with E-state index in [9.17, 15) is 0 Å². The molecule has 2 heterocycles. The van der Waals surface area contributed by atoms with Crippen molar-refractivity contribution >= 4 is 29.6 Å². The lowest BCUT2D eigenvalue weighted by Gasteiger charge is -2.19. The van der Waals surface area contributed by atoms with Crippen molar-refractivity contribution in [2.75, 3.05) is 24.6 Å². The molecule has 0 aliphatic carbocycles. The third-order valence-electron chi connectivity index (χ3n) is 2.74. The van der Waals surface area contributed by atoms with E-state index in [0.29, 0.717) is 15.5 Å². The molecule has 1 fully saturated rings. The topological polar surface area (TPSA) is 39.3 Å². The normalized spacial score (nSPS) is 20.9. The van der Waals surface area contributed by atoms with E-state index in [1.165, 1.54) is 0 Å². The van der Waals surface area contributed by atoms with Crippen LogP contribution in [0.4, 0.5) is 5.82 Å². The number of nitrogens with one attached hydrogen (secondary N) is 1. The summed E-state index contributed by atoms with van der Waals surface area (Å²) in [5.41, 5.74) is 0. The van der Waals surface area contributed by atoms with E-state index in [1.54, 1.807) is 12.3 Å². The molecule has 0 aromatic carbocycles. The standard InChI is InChI=1S/C10H13ClN2OS/c11-9-8(15)1-3-12-10(9)13-4-2-7(5-13)6-14/h1,3,7,14H,2,4-6H2,(H,12,15)/t7-/m0/s1. The van der Waals surface area contributed by atoms with E-state index >= 15 is 0 Å². The Kier molecular flexibility index (Phi) is 3.29. The molecule has 0 amide bonds. The summed E-state index contributed by atoms with van der Waals surface area (Å²) >= 11 is 11.2. The first-order chi connectivity index (χ1) is 7.22. The van der Waals surface area contributed by atoms with Gasteiger partial charge in [-0.05, 0) is 12.5 Å². The van der Waals surface area contributed by atoms with Crippen LogP contribution in [0.2, 0.25) is 5.02 Å². The molecule has 1 aromatic rings. The molecular weight excluding hydrogens is 232 g/mol. The van der Waals surface area contributed by atoms with Crippen molar-refractivity contribution in [2.24, 2.45) is 5.92 Å². The number of pyridine rings is 1. The van der Waals surface area contributed by atoms with Crippen LogP contribution in [0.15, 0.2) is 12.3 Å². The zero-order chi connectivity index (χ0) is 10.8. The van der Waals surface area contributed by atoms with Crippen molar-refractivity contribution in [2.45, 2.75) is 6.42 Å². The van der Waals surface area contributed by atoms with E-state index in [2.05, 4.69) is 9.88 Å². The number of aromatic amines is 1. The molecule has 2 N–H and O–H groups in total. The van der Waals surface area contributed by atoms with E-state index in [-0.39, 0.29) is 6.61 Å². The van der Waals surface area contributed by atoms with Gasteiger partial charge in [-0.3, -0.25) is 0 Å². The first kappa shape index (κ1) is 10.9. The summed E-state index contributed by atoms with van der Waals surface area (Å²) in [6.45, 7) is 1.99. The molecule has 15 heavy (non-hydrogen) atoms. The number of halogens is 1. The van der Waals surface area contributed by atoms with Crippen molar-refractivity contribution in [1.82, 2.24) is 4.98 Å². The highest BCUT2D eigenvalue weighted by Gasteiger charge is 2.23. The highest BCUT2D eigenvalue weighted by atomic mass is 35.5. The average molecular weight is 245 g/mol. The van der Waals surface area contributed by atoms with Crippen LogP contribution in [0, 0.1) is 10.4 Å². The van der Waals surface area contributed by atoms with Crippen LogP contribution in [0.1, 0.15) is 6.42 Å². The zero-order valence-corrected chi connectivity index (χ0v) is 9.81. The number of H-pyrrole nitrogens is 1. The maximum atomic E-state index is 9.06. The largest absolute Gasteiger partial charge is 0.396 e. The van der Waals surface area contributed by atoms with Crippen LogP contribution >= 0.6 is 23.8 Å². The fourth-order valence-electron chi connectivity index (χ4n) is 1.86. The smallest absolute Gasteiger partial charge is 0.126 e. The second kappa shape index (κ2) is 4.51. The summed E-state index contributed by atoms with van der Waals surface area (Å²) in [6, 6.07) is 1.78. The summed E-state index contributed by atoms with van der Waals surface area (Å²) in [7, 11) is 0. The van der Waals surface area contributed by atoms with E-state index < -0.39 is 0 Å². The van der Waals surface area contributed by atoms with Crippen molar-refractivity contribution in [3.05, 3.63) is 21.8 Å². The molecule has 1 saturated heterocycles. The second-order valence-corrected chi connectivity index (χ2v) is 4.61. The number of aliphatic hydroxyl groups is 1. The number of rotatable bonds is 2. The lowest BCUT2D eigenvalue weighted by atomic mass is 10.1. The molecule has 82 valence electrons. The lowest BCUT2D eigenvalue weighted by Crippen LogP contribution is -2.22. The Hall–Kier alpha value is -0.580. The van der Waals surface area contributed by atoms with Gasteiger partial charge in [-0.2, -0.15) is 0 Å². The van der Waals surface area contributed by atoms with Gasteiger partial charge in [0.1, 0.15) is 5.82 Å². The predicted molar refractivity (Wildman–Crippen MR) is 64.0 cm³/mol. The van der Waals surface area contributed by atoms with E-state index in [4.69, 9.17) is 28.9 Å². The molecule has 0 radical (unpaired) electrons. The van der Waals surface area contributed by atoms with E-state index in [1.807, 2.05) is 0 Å². The highest BCUT2D eigenvalue weighted by Crippen LogP contribution is 2.28. The predicted octanol–water partition coefficient (Wildman–Crippen LogP) is 2.22. The molecule has 5 heteroatoms. The van der Waals surface area contributed by atoms with E-state index in [0.717, 1.165) is 25.3 Å². The van der Waals surface area contributed by atoms with Gasteiger partial charge in [0.05, 0.1) is 9.53 Å². The Morgan fingerprint density at radius 3 is 3.13 bits per heavy atom. The fourth-order valence-corrected chi connectivity index (χ4v) is 2.27. The number of hydrogen-bond acceptors (Lipinski definition) is 3. The van der Waals surface area contributed by atoms with Crippen LogP contribution in [0.5, 0.6) is 0 Å². The maximum Gasteiger partial charge on any atom is 0.126 e. The Bertz CT molecular complexity index is 407. The molecular formula is C10H13ClN2OS. The van der Waals surface area contributed by atoms with Gasteiger partial charge in [-0.1, -0.05) is 23.8 Å². The Balaban J connectivity index is 2.24. The van der Waals surface area contributed by atoms with Crippen molar-refractivity contribution in [3.8, 4) is 0 Å². The monoisotopic (exact) mass is 244 g/mol. The van der Waals surface area contributed by atoms with Crippen LogP contribution in [0.3, 0.4) is 0 Å². The Labute approximate surface area is 98.7 Å². The summed E-state index contributed by atoms with van der Waals surface area (Å²) in [5.74, 6) is 1.23. The molecule has 1 aromatic heterocycles. The molecule has 0 spiro atoms. The SMILES string of the molecule is OC[C@H]1CCN(c2[nH]ccc(=S)c2Cl)C1. The first-order valence-corrected chi connectivity index (χ1v) is 5.74. The van der Waals surface area contributed by atoms with Gasteiger partial charge in [0.2, 0.25) is 0 Å². The Morgan fingerprint density at radius 2 is 2.47 bits per heavy atom. The second-order valence-electron chi connectivity index (χ2n) is 3.79. The molecule has 2 rings (SSSR count). The fraction of sp³-hybridized carbons (Fsp3) is 0.500. The highest BCUT2D eigenvalue weighted by molar-refractivity contribution is 7.71. The Morgan fingerprint density at radius 1 is 1.67 bits per heavy atom. The van der Waals surface area contributed by atoms with Crippen molar-refractivity contribution < 1.29 is 5.11 Å². The molecule has 1 aliphatic heterocycles. The molecule has 0 saturated carbocycles. The summed E-state index contributed by atoms with van der Waals surface area (Å²) in [4.78, 5) is 5.25. The molecule has 3 nitrogen and oxygen atoms in total. The number of nitrogens with zero attached hydrogens (tertiary/aromatic N) is 1. The summed E-state index contributed by atoms with van der Waals surface area (Å²) in [6.07, 6.45) is 2.80. The maximum absolute atomic E-state index is 9.06. The molecule has 0 bridgehead atoms. The van der Waals surface area contributed by atoms with Crippen LogP contribution in [0.25, 0.3) is 0 Å². The van der Waals surface area contributed by atoms with Crippen LogP contribution in [-0.2, 0) is 0 Å².